The normalized spacial score (nSPS) is 10.7. The number of guanidine groups is 1. The summed E-state index contributed by atoms with van der Waals surface area (Å²) in [5.74, 6) is 1.53. The Bertz CT molecular complexity index is 568. The van der Waals surface area contributed by atoms with Gasteiger partial charge in [0.1, 0.15) is 12.3 Å². The Hall–Kier alpha value is -1.03. The van der Waals surface area contributed by atoms with Gasteiger partial charge >= 0.3 is 0 Å². The van der Waals surface area contributed by atoms with Crippen LogP contribution in [0.15, 0.2) is 27.7 Å². The summed E-state index contributed by atoms with van der Waals surface area (Å²) in [5, 5.41) is 6.39. The Morgan fingerprint density at radius 1 is 1.32 bits per heavy atom. The lowest BCUT2D eigenvalue weighted by Crippen LogP contribution is -2.39. The molecule has 0 bridgehead atoms. The van der Waals surface area contributed by atoms with Crippen molar-refractivity contribution in [2.75, 3.05) is 40.8 Å². The largest absolute Gasteiger partial charge is 0.496 e. The molecule has 8 heteroatoms. The second-order valence-corrected chi connectivity index (χ2v) is 6.39. The van der Waals surface area contributed by atoms with Gasteiger partial charge < -0.3 is 20.3 Å². The van der Waals surface area contributed by atoms with Crippen LogP contribution in [0.1, 0.15) is 18.9 Å². The van der Waals surface area contributed by atoms with Crippen molar-refractivity contribution in [2.45, 2.75) is 19.8 Å². The standard InChI is InChI=1S/C17H27BrN4O2.HI/c1-5-19-17(21-12-16(23)22(2)3)20-10-6-7-13-8-9-14(18)11-15(13)24-4;/h8-9,11H,5-7,10,12H2,1-4H3,(H2,19,20,21);1H. The summed E-state index contributed by atoms with van der Waals surface area (Å²) >= 11 is 3.45. The summed E-state index contributed by atoms with van der Waals surface area (Å²) in [6.07, 6.45) is 1.84. The van der Waals surface area contributed by atoms with E-state index in [1.165, 1.54) is 10.5 Å². The molecule has 1 rings (SSSR count). The quantitative estimate of drug-likeness (QED) is 0.236. The minimum atomic E-state index is -0.0215. The summed E-state index contributed by atoms with van der Waals surface area (Å²) in [7, 11) is 5.13. The third-order valence-corrected chi connectivity index (χ3v) is 3.87. The molecule has 1 amide bonds. The fourth-order valence-electron chi connectivity index (χ4n) is 2.04. The van der Waals surface area contributed by atoms with Crippen molar-refractivity contribution in [1.29, 1.82) is 0 Å². The van der Waals surface area contributed by atoms with Gasteiger partial charge in [0.2, 0.25) is 5.91 Å². The van der Waals surface area contributed by atoms with Gasteiger partial charge in [0.25, 0.3) is 0 Å². The molecular formula is C17H28BrIN4O2. The molecule has 0 fully saturated rings. The third kappa shape index (κ3) is 9.29. The molecule has 1 aromatic rings. The van der Waals surface area contributed by atoms with Crippen LogP contribution in [-0.2, 0) is 11.2 Å². The first-order chi connectivity index (χ1) is 11.5. The van der Waals surface area contributed by atoms with Crippen molar-refractivity contribution in [1.82, 2.24) is 15.5 Å². The van der Waals surface area contributed by atoms with Crippen LogP contribution in [-0.4, -0.2) is 57.6 Å². The number of carbonyl (C=O) groups is 1. The minimum absolute atomic E-state index is 0. The summed E-state index contributed by atoms with van der Waals surface area (Å²) in [6.45, 7) is 3.66. The van der Waals surface area contributed by atoms with Gasteiger partial charge in [-0.1, -0.05) is 22.0 Å². The average Bonchev–Trinajstić information content (AvgIpc) is 2.56. The highest BCUT2D eigenvalue weighted by atomic mass is 127. The van der Waals surface area contributed by atoms with Crippen molar-refractivity contribution in [3.8, 4) is 5.75 Å². The third-order valence-electron chi connectivity index (χ3n) is 3.38. The van der Waals surface area contributed by atoms with Crippen LogP contribution < -0.4 is 15.4 Å². The maximum absolute atomic E-state index is 11.6. The van der Waals surface area contributed by atoms with Crippen molar-refractivity contribution in [3.63, 3.8) is 0 Å². The highest BCUT2D eigenvalue weighted by molar-refractivity contribution is 14.0. The van der Waals surface area contributed by atoms with E-state index in [-0.39, 0.29) is 36.4 Å². The predicted octanol–water partition coefficient (Wildman–Crippen LogP) is 2.65. The zero-order valence-corrected chi connectivity index (χ0v) is 19.2. The minimum Gasteiger partial charge on any atom is -0.496 e. The van der Waals surface area contributed by atoms with Crippen LogP contribution in [0.4, 0.5) is 0 Å². The van der Waals surface area contributed by atoms with Gasteiger partial charge in [0.05, 0.1) is 7.11 Å². The first-order valence-electron chi connectivity index (χ1n) is 8.02. The lowest BCUT2D eigenvalue weighted by atomic mass is 10.1. The van der Waals surface area contributed by atoms with E-state index in [2.05, 4.69) is 37.6 Å². The lowest BCUT2D eigenvalue weighted by molar-refractivity contribution is -0.127. The van der Waals surface area contributed by atoms with Crippen molar-refractivity contribution in [3.05, 3.63) is 28.2 Å². The number of rotatable bonds is 8. The summed E-state index contributed by atoms with van der Waals surface area (Å²) < 4.78 is 6.41. The lowest BCUT2D eigenvalue weighted by Gasteiger charge is -2.13. The number of amides is 1. The first kappa shape index (κ1) is 24.0. The Labute approximate surface area is 175 Å². The summed E-state index contributed by atoms with van der Waals surface area (Å²) in [5.41, 5.74) is 1.17. The fraction of sp³-hybridized carbons (Fsp3) is 0.529. The fourth-order valence-corrected chi connectivity index (χ4v) is 2.38. The number of nitrogens with zero attached hydrogens (tertiary/aromatic N) is 2. The number of benzene rings is 1. The zero-order valence-electron chi connectivity index (χ0n) is 15.3. The molecule has 0 heterocycles. The van der Waals surface area contributed by atoms with Crippen molar-refractivity contribution >= 4 is 51.8 Å². The van der Waals surface area contributed by atoms with E-state index in [0.29, 0.717) is 5.96 Å². The van der Waals surface area contributed by atoms with Gasteiger partial charge in [-0.15, -0.1) is 24.0 Å². The van der Waals surface area contributed by atoms with Gasteiger partial charge in [-0.2, -0.15) is 0 Å². The van der Waals surface area contributed by atoms with Crippen molar-refractivity contribution < 1.29 is 9.53 Å². The van der Waals surface area contributed by atoms with E-state index < -0.39 is 0 Å². The molecule has 25 heavy (non-hydrogen) atoms. The van der Waals surface area contributed by atoms with Crippen LogP contribution in [0, 0.1) is 0 Å². The smallest absolute Gasteiger partial charge is 0.243 e. The number of halogens is 2. The number of hydrogen-bond acceptors (Lipinski definition) is 3. The molecule has 0 radical (unpaired) electrons. The summed E-state index contributed by atoms with van der Waals surface area (Å²) in [6, 6.07) is 6.06. The predicted molar refractivity (Wildman–Crippen MR) is 117 cm³/mol. The van der Waals surface area contributed by atoms with Crippen LogP contribution in [0.5, 0.6) is 5.75 Å². The van der Waals surface area contributed by atoms with Gasteiger partial charge in [0, 0.05) is 31.7 Å². The van der Waals surface area contributed by atoms with Gasteiger partial charge in [-0.25, -0.2) is 4.99 Å². The number of ether oxygens (including phenoxy) is 1. The molecule has 2 N–H and O–H groups in total. The van der Waals surface area contributed by atoms with Gasteiger partial charge in [0.15, 0.2) is 5.96 Å². The number of hydrogen-bond donors (Lipinski definition) is 2. The molecule has 0 saturated heterocycles. The zero-order chi connectivity index (χ0) is 17.9. The number of carbonyl (C=O) groups excluding carboxylic acids is 1. The molecule has 0 aliphatic carbocycles. The monoisotopic (exact) mass is 526 g/mol. The first-order valence-corrected chi connectivity index (χ1v) is 8.82. The Balaban J connectivity index is 0.00000576. The molecule has 0 aliphatic heterocycles. The SMILES string of the molecule is CCNC(=NCC(=O)N(C)C)NCCCc1ccc(Br)cc1OC.I. The maximum atomic E-state index is 11.6. The summed E-state index contributed by atoms with van der Waals surface area (Å²) in [4.78, 5) is 17.4. The molecule has 1 aromatic carbocycles. The van der Waals surface area contributed by atoms with E-state index in [1.807, 2.05) is 19.1 Å². The molecule has 0 spiro atoms. The average molecular weight is 527 g/mol. The second-order valence-electron chi connectivity index (χ2n) is 5.47. The molecular weight excluding hydrogens is 499 g/mol. The van der Waals surface area contributed by atoms with E-state index in [0.717, 1.165) is 36.2 Å². The number of aliphatic imine (C=N–C) groups is 1. The van der Waals surface area contributed by atoms with Crippen LogP contribution in [0.3, 0.4) is 0 Å². The Morgan fingerprint density at radius 2 is 2.04 bits per heavy atom. The molecule has 0 aromatic heterocycles. The highest BCUT2D eigenvalue weighted by Crippen LogP contribution is 2.24. The number of likely N-dealkylation sites (N-methyl/N-ethyl adjacent to an activating group) is 1. The number of aryl methyl sites for hydroxylation is 1. The van der Waals surface area contributed by atoms with E-state index >= 15 is 0 Å². The second kappa shape index (κ2) is 13.2. The molecule has 142 valence electrons. The van der Waals surface area contributed by atoms with Crippen LogP contribution in [0.2, 0.25) is 0 Å². The Morgan fingerprint density at radius 3 is 2.64 bits per heavy atom. The topological polar surface area (TPSA) is 66.0 Å². The van der Waals surface area contributed by atoms with E-state index in [4.69, 9.17) is 4.74 Å². The highest BCUT2D eigenvalue weighted by Gasteiger charge is 2.05. The molecule has 0 atom stereocenters. The number of methoxy groups -OCH3 is 1. The van der Waals surface area contributed by atoms with Gasteiger partial charge in [-0.3, -0.25) is 4.79 Å². The molecule has 0 aliphatic rings. The molecule has 6 nitrogen and oxygen atoms in total. The Kier molecular flexibility index (Phi) is 12.7. The van der Waals surface area contributed by atoms with Crippen LogP contribution >= 0.6 is 39.9 Å². The van der Waals surface area contributed by atoms with E-state index in [1.54, 1.807) is 21.2 Å². The molecule has 0 saturated carbocycles. The number of nitrogens with one attached hydrogen (secondary N) is 2. The maximum Gasteiger partial charge on any atom is 0.243 e. The molecule has 0 unspecified atom stereocenters. The van der Waals surface area contributed by atoms with Gasteiger partial charge in [-0.05, 0) is 37.5 Å². The van der Waals surface area contributed by atoms with Crippen molar-refractivity contribution in [2.24, 2.45) is 4.99 Å². The van der Waals surface area contributed by atoms with E-state index in [9.17, 15) is 4.79 Å². The van der Waals surface area contributed by atoms with Crippen LogP contribution in [0.25, 0.3) is 0 Å².